The van der Waals surface area contributed by atoms with Gasteiger partial charge in [0, 0.05) is 29.9 Å². The molecule has 0 atom stereocenters. The third-order valence-electron chi connectivity index (χ3n) is 5.07. The first-order chi connectivity index (χ1) is 10.2. The highest BCUT2D eigenvalue weighted by atomic mass is 16.1. The van der Waals surface area contributed by atoms with E-state index in [-0.39, 0.29) is 11.6 Å². The molecule has 1 saturated carbocycles. The summed E-state index contributed by atoms with van der Waals surface area (Å²) >= 11 is 0. The van der Waals surface area contributed by atoms with Gasteiger partial charge in [0.25, 0.3) is 5.56 Å². The van der Waals surface area contributed by atoms with Gasteiger partial charge in [0.1, 0.15) is 0 Å². The number of nitrogens with one attached hydrogen (secondary N) is 1. The summed E-state index contributed by atoms with van der Waals surface area (Å²) < 4.78 is 2.06. The maximum absolute atomic E-state index is 12.8. The van der Waals surface area contributed by atoms with E-state index in [0.29, 0.717) is 6.04 Å². The van der Waals surface area contributed by atoms with Gasteiger partial charge in [-0.25, -0.2) is 0 Å². The van der Waals surface area contributed by atoms with E-state index in [0.717, 1.165) is 24.9 Å². The minimum absolute atomic E-state index is 0.233. The van der Waals surface area contributed by atoms with Crippen molar-refractivity contribution in [2.24, 2.45) is 0 Å². The Hall–Kier alpha value is -1.09. The van der Waals surface area contributed by atoms with Crippen molar-refractivity contribution < 1.29 is 0 Å². The van der Waals surface area contributed by atoms with Crippen LogP contribution in [0.2, 0.25) is 0 Å². The molecule has 2 aliphatic carbocycles. The molecule has 2 aliphatic rings. The predicted molar refractivity (Wildman–Crippen MR) is 86.8 cm³/mol. The van der Waals surface area contributed by atoms with Crippen LogP contribution < -0.4 is 10.9 Å². The van der Waals surface area contributed by atoms with Crippen LogP contribution in [-0.2, 0) is 19.4 Å². The molecule has 0 unspecified atom stereocenters. The lowest BCUT2D eigenvalue weighted by atomic mass is 9.94. The van der Waals surface area contributed by atoms with Crippen molar-refractivity contribution in [2.75, 3.05) is 0 Å². The number of nitrogens with zero attached hydrogens (tertiary/aromatic N) is 1. The maximum atomic E-state index is 12.8. The summed E-state index contributed by atoms with van der Waals surface area (Å²) in [5, 5.41) is 3.60. The molecule has 3 heteroatoms. The van der Waals surface area contributed by atoms with E-state index in [9.17, 15) is 4.79 Å². The van der Waals surface area contributed by atoms with Gasteiger partial charge in [-0.3, -0.25) is 4.79 Å². The number of aryl methyl sites for hydroxylation is 1. The number of fused-ring (bicyclic) bond motifs is 1. The molecule has 3 nitrogen and oxygen atoms in total. The normalized spacial score (nSPS) is 19.2. The molecule has 0 aromatic carbocycles. The molecule has 1 fully saturated rings. The molecule has 21 heavy (non-hydrogen) atoms. The highest BCUT2D eigenvalue weighted by molar-refractivity contribution is 5.29. The highest BCUT2D eigenvalue weighted by Gasteiger charge is 2.20. The van der Waals surface area contributed by atoms with Crippen molar-refractivity contribution in [1.82, 2.24) is 9.88 Å². The van der Waals surface area contributed by atoms with E-state index >= 15 is 0 Å². The van der Waals surface area contributed by atoms with Gasteiger partial charge in [0.15, 0.2) is 0 Å². The molecule has 1 aromatic heterocycles. The molecular weight excluding hydrogens is 260 g/mol. The number of hydrogen-bond donors (Lipinski definition) is 1. The van der Waals surface area contributed by atoms with Crippen molar-refractivity contribution in [2.45, 2.75) is 83.8 Å². The zero-order valence-corrected chi connectivity index (χ0v) is 13.5. The maximum Gasteiger partial charge on any atom is 0.255 e. The van der Waals surface area contributed by atoms with E-state index < -0.39 is 0 Å². The van der Waals surface area contributed by atoms with Crippen LogP contribution in [0.1, 0.15) is 75.2 Å². The molecule has 3 rings (SSSR count). The summed E-state index contributed by atoms with van der Waals surface area (Å²) in [5.74, 6) is 0. The third kappa shape index (κ3) is 3.08. The summed E-state index contributed by atoms with van der Waals surface area (Å²) in [6.45, 7) is 5.00. The largest absolute Gasteiger partial charge is 0.310 e. The second kappa shape index (κ2) is 6.35. The number of pyridine rings is 1. The molecule has 0 radical (unpaired) electrons. The molecule has 116 valence electrons. The molecule has 1 N–H and O–H groups in total. The average Bonchev–Trinajstić information content (AvgIpc) is 2.98. The smallest absolute Gasteiger partial charge is 0.255 e. The van der Waals surface area contributed by atoms with E-state index in [1.165, 1.54) is 49.8 Å². The van der Waals surface area contributed by atoms with Crippen molar-refractivity contribution >= 4 is 0 Å². The first-order valence-electron chi connectivity index (χ1n) is 8.66. The molecular formula is C18H28N2O. The van der Waals surface area contributed by atoms with Gasteiger partial charge in [0.05, 0.1) is 0 Å². The Morgan fingerprint density at radius 2 is 1.90 bits per heavy atom. The zero-order valence-electron chi connectivity index (χ0n) is 13.5. The Bertz CT molecular complexity index is 553. The number of hydrogen-bond acceptors (Lipinski definition) is 2. The highest BCUT2D eigenvalue weighted by Crippen LogP contribution is 2.23. The monoisotopic (exact) mass is 288 g/mol. The van der Waals surface area contributed by atoms with Crippen LogP contribution in [0.4, 0.5) is 0 Å². The molecule has 0 aliphatic heterocycles. The van der Waals surface area contributed by atoms with Gasteiger partial charge < -0.3 is 9.88 Å². The van der Waals surface area contributed by atoms with Crippen LogP contribution in [0.5, 0.6) is 0 Å². The van der Waals surface area contributed by atoms with Crippen molar-refractivity contribution in [1.29, 1.82) is 0 Å². The minimum atomic E-state index is 0.233. The first-order valence-corrected chi connectivity index (χ1v) is 8.66. The van der Waals surface area contributed by atoms with Crippen LogP contribution in [0.25, 0.3) is 0 Å². The lowest BCUT2D eigenvalue weighted by molar-refractivity contribution is 0.495. The summed E-state index contributed by atoms with van der Waals surface area (Å²) in [7, 11) is 0. The fourth-order valence-electron chi connectivity index (χ4n) is 3.95. The third-order valence-corrected chi connectivity index (χ3v) is 5.07. The average molecular weight is 288 g/mol. The molecule has 0 bridgehead atoms. The zero-order chi connectivity index (χ0) is 14.8. The summed E-state index contributed by atoms with van der Waals surface area (Å²) in [6, 6.07) is 3.07. The van der Waals surface area contributed by atoms with Crippen molar-refractivity contribution in [3.8, 4) is 0 Å². The summed E-state index contributed by atoms with van der Waals surface area (Å²) in [4.78, 5) is 12.8. The van der Waals surface area contributed by atoms with E-state index in [1.54, 1.807) is 0 Å². The van der Waals surface area contributed by atoms with Gasteiger partial charge in [-0.2, -0.15) is 0 Å². The lowest BCUT2D eigenvalue weighted by Gasteiger charge is -2.25. The Labute approximate surface area is 127 Å². The fraction of sp³-hybridized carbons (Fsp3) is 0.722. The minimum Gasteiger partial charge on any atom is -0.310 e. The van der Waals surface area contributed by atoms with Gasteiger partial charge in [-0.05, 0) is 64.0 Å². The SMILES string of the molecule is CC(C)n1c2c(cc(CNC3CCCC3)c1=O)CCCC2. The van der Waals surface area contributed by atoms with E-state index in [1.807, 2.05) is 0 Å². The van der Waals surface area contributed by atoms with Crippen LogP contribution >= 0.6 is 0 Å². The van der Waals surface area contributed by atoms with Crippen molar-refractivity contribution in [3.05, 3.63) is 33.2 Å². The Kier molecular flexibility index (Phi) is 4.48. The molecule has 0 amide bonds. The van der Waals surface area contributed by atoms with Crippen LogP contribution in [0.3, 0.4) is 0 Å². The van der Waals surface area contributed by atoms with Crippen LogP contribution in [-0.4, -0.2) is 10.6 Å². The van der Waals surface area contributed by atoms with Crippen LogP contribution in [0.15, 0.2) is 10.9 Å². The number of rotatable bonds is 4. The second-order valence-corrected chi connectivity index (χ2v) is 6.98. The summed E-state index contributed by atoms with van der Waals surface area (Å²) in [5.41, 5.74) is 3.91. The molecule has 0 spiro atoms. The molecule has 1 aromatic rings. The Morgan fingerprint density at radius 1 is 1.19 bits per heavy atom. The number of aromatic nitrogens is 1. The Morgan fingerprint density at radius 3 is 2.62 bits per heavy atom. The van der Waals surface area contributed by atoms with Gasteiger partial charge >= 0.3 is 0 Å². The quantitative estimate of drug-likeness (QED) is 0.922. The molecule has 1 heterocycles. The fourth-order valence-corrected chi connectivity index (χ4v) is 3.95. The van der Waals surface area contributed by atoms with Gasteiger partial charge in [-0.1, -0.05) is 12.8 Å². The van der Waals surface area contributed by atoms with Crippen molar-refractivity contribution in [3.63, 3.8) is 0 Å². The van der Waals surface area contributed by atoms with Gasteiger partial charge in [0.2, 0.25) is 0 Å². The Balaban J connectivity index is 1.89. The second-order valence-electron chi connectivity index (χ2n) is 6.98. The first kappa shape index (κ1) is 14.8. The lowest BCUT2D eigenvalue weighted by Crippen LogP contribution is -2.34. The topological polar surface area (TPSA) is 34.0 Å². The van der Waals surface area contributed by atoms with Crippen LogP contribution in [0, 0.1) is 0 Å². The molecule has 0 saturated heterocycles. The predicted octanol–water partition coefficient (Wildman–Crippen LogP) is 3.34. The van der Waals surface area contributed by atoms with Gasteiger partial charge in [-0.15, -0.1) is 0 Å². The standard InChI is InChI=1S/C18H28N2O/c1-13(2)20-17-10-6-3-7-14(17)11-15(18(20)21)12-19-16-8-4-5-9-16/h11,13,16,19H,3-10,12H2,1-2H3. The van der Waals surface area contributed by atoms with E-state index in [2.05, 4.69) is 29.8 Å². The summed E-state index contributed by atoms with van der Waals surface area (Å²) in [6.07, 6.45) is 9.89. The van der Waals surface area contributed by atoms with E-state index in [4.69, 9.17) is 0 Å².